The van der Waals surface area contributed by atoms with Crippen LogP contribution in [0.15, 0.2) is 126 Å². The minimum absolute atomic E-state index is 0.927. The van der Waals surface area contributed by atoms with E-state index in [1.54, 1.807) is 0 Å². The Morgan fingerprint density at radius 2 is 1.06 bits per heavy atom. The van der Waals surface area contributed by atoms with E-state index in [0.717, 1.165) is 21.9 Å². The van der Waals surface area contributed by atoms with E-state index < -0.39 is 0 Å². The zero-order valence-corrected chi connectivity index (χ0v) is 19.0. The third-order valence-corrected chi connectivity index (χ3v) is 7.43. The van der Waals surface area contributed by atoms with Crippen molar-refractivity contribution in [2.24, 2.45) is 0 Å². The Bertz CT molecular complexity index is 2110. The molecule has 0 fully saturated rings. The van der Waals surface area contributed by atoms with Crippen molar-refractivity contribution in [3.63, 3.8) is 0 Å². The van der Waals surface area contributed by atoms with Gasteiger partial charge in [-0.2, -0.15) is 0 Å². The molecule has 0 amide bonds. The molecule has 0 aliphatic heterocycles. The first-order chi connectivity index (χ1) is 17.4. The normalized spacial score (nSPS) is 12.0. The van der Waals surface area contributed by atoms with E-state index >= 15 is 0 Å². The lowest BCUT2D eigenvalue weighted by Crippen LogP contribution is -1.88. The molecule has 8 rings (SSSR count). The van der Waals surface area contributed by atoms with Gasteiger partial charge in [-0.05, 0) is 67.0 Å². The third-order valence-electron chi connectivity index (χ3n) is 7.43. The molecule has 1 aromatic heterocycles. The van der Waals surface area contributed by atoms with Gasteiger partial charge in [0, 0.05) is 16.2 Å². The summed E-state index contributed by atoms with van der Waals surface area (Å²) in [6.07, 6.45) is 0. The molecule has 0 saturated heterocycles. The topological polar surface area (TPSA) is 13.1 Å². The highest BCUT2D eigenvalue weighted by atomic mass is 16.3. The number of hydrogen-bond donors (Lipinski definition) is 0. The lowest BCUT2D eigenvalue weighted by Gasteiger charge is -2.15. The summed E-state index contributed by atoms with van der Waals surface area (Å²) in [4.78, 5) is 0. The second-order valence-corrected chi connectivity index (χ2v) is 9.30. The minimum Gasteiger partial charge on any atom is -0.455 e. The van der Waals surface area contributed by atoms with Crippen molar-refractivity contribution in [3.05, 3.63) is 121 Å². The van der Waals surface area contributed by atoms with Crippen LogP contribution in [0.25, 0.3) is 76.2 Å². The maximum Gasteiger partial charge on any atom is 0.143 e. The van der Waals surface area contributed by atoms with Crippen LogP contribution in [0.3, 0.4) is 0 Å². The van der Waals surface area contributed by atoms with Crippen LogP contribution in [0.5, 0.6) is 0 Å². The van der Waals surface area contributed by atoms with Gasteiger partial charge in [0.1, 0.15) is 11.2 Å². The number of rotatable bonds is 1. The van der Waals surface area contributed by atoms with Gasteiger partial charge < -0.3 is 4.42 Å². The first-order valence-corrected chi connectivity index (χ1v) is 12.0. The summed E-state index contributed by atoms with van der Waals surface area (Å²) in [6.45, 7) is 0. The predicted octanol–water partition coefficient (Wildman–Crippen LogP) is 9.87. The highest BCUT2D eigenvalue weighted by Gasteiger charge is 2.18. The van der Waals surface area contributed by atoms with E-state index in [1.165, 1.54) is 54.2 Å². The monoisotopic (exact) mass is 444 g/mol. The molecule has 162 valence electrons. The van der Waals surface area contributed by atoms with Crippen molar-refractivity contribution in [1.82, 2.24) is 0 Å². The van der Waals surface area contributed by atoms with Gasteiger partial charge in [-0.3, -0.25) is 0 Å². The van der Waals surface area contributed by atoms with Gasteiger partial charge in [-0.1, -0.05) is 103 Å². The standard InChI is InChI=1S/C34H20O/c1-4-11-24-21(8-1)16-18-27-30(24)20-23-10-3-5-12-25(23)32(27)28-14-7-15-31-33(28)29-19-17-22-9-2-6-13-26(22)34(29)35-31/h1-20H. The summed E-state index contributed by atoms with van der Waals surface area (Å²) in [5.74, 6) is 0. The molecule has 0 aliphatic carbocycles. The zero-order valence-electron chi connectivity index (χ0n) is 19.0. The first-order valence-electron chi connectivity index (χ1n) is 12.0. The van der Waals surface area contributed by atoms with Crippen molar-refractivity contribution in [2.45, 2.75) is 0 Å². The highest BCUT2D eigenvalue weighted by molar-refractivity contribution is 6.26. The molecule has 0 atom stereocenters. The summed E-state index contributed by atoms with van der Waals surface area (Å²) in [5.41, 5.74) is 4.37. The molecule has 0 radical (unpaired) electrons. The number of fused-ring (bicyclic) bond motifs is 9. The Hall–Kier alpha value is -4.62. The van der Waals surface area contributed by atoms with Crippen LogP contribution in [0.4, 0.5) is 0 Å². The Labute approximate surface area is 201 Å². The van der Waals surface area contributed by atoms with Gasteiger partial charge in [0.25, 0.3) is 0 Å². The van der Waals surface area contributed by atoms with Gasteiger partial charge in [0.2, 0.25) is 0 Å². The summed E-state index contributed by atoms with van der Waals surface area (Å²) >= 11 is 0. The number of furan rings is 1. The Morgan fingerprint density at radius 1 is 0.400 bits per heavy atom. The molecule has 0 bridgehead atoms. The number of benzene rings is 7. The molecule has 1 heterocycles. The average molecular weight is 445 g/mol. The fourth-order valence-corrected chi connectivity index (χ4v) is 5.87. The lowest BCUT2D eigenvalue weighted by molar-refractivity contribution is 0.673. The van der Waals surface area contributed by atoms with E-state index in [4.69, 9.17) is 4.42 Å². The molecule has 0 saturated carbocycles. The number of hydrogen-bond acceptors (Lipinski definition) is 1. The van der Waals surface area contributed by atoms with Crippen LogP contribution < -0.4 is 0 Å². The SMILES string of the molecule is c1ccc2c(-c3cccc4oc5c6ccccc6ccc5c34)c3ccc4ccccc4c3cc2c1. The van der Waals surface area contributed by atoms with E-state index in [-0.39, 0.29) is 0 Å². The molecule has 8 aromatic rings. The Morgan fingerprint density at radius 3 is 1.89 bits per heavy atom. The van der Waals surface area contributed by atoms with Gasteiger partial charge in [-0.15, -0.1) is 0 Å². The van der Waals surface area contributed by atoms with Crippen LogP contribution >= 0.6 is 0 Å². The quantitative estimate of drug-likeness (QED) is 0.181. The second-order valence-electron chi connectivity index (χ2n) is 9.30. The van der Waals surface area contributed by atoms with Crippen LogP contribution in [-0.4, -0.2) is 0 Å². The molecular weight excluding hydrogens is 424 g/mol. The summed E-state index contributed by atoms with van der Waals surface area (Å²) in [6, 6.07) is 43.6. The molecular formula is C34H20O. The molecule has 35 heavy (non-hydrogen) atoms. The van der Waals surface area contributed by atoms with Crippen molar-refractivity contribution >= 4 is 65.0 Å². The van der Waals surface area contributed by atoms with E-state index in [9.17, 15) is 0 Å². The van der Waals surface area contributed by atoms with Crippen molar-refractivity contribution in [1.29, 1.82) is 0 Å². The van der Waals surface area contributed by atoms with Crippen LogP contribution in [0.1, 0.15) is 0 Å². The van der Waals surface area contributed by atoms with E-state index in [0.29, 0.717) is 0 Å². The maximum absolute atomic E-state index is 6.52. The van der Waals surface area contributed by atoms with Crippen LogP contribution in [0.2, 0.25) is 0 Å². The second kappa shape index (κ2) is 6.94. The fourth-order valence-electron chi connectivity index (χ4n) is 5.87. The molecule has 1 heteroatoms. The highest BCUT2D eigenvalue weighted by Crippen LogP contribution is 2.45. The summed E-state index contributed by atoms with van der Waals surface area (Å²) in [7, 11) is 0. The van der Waals surface area contributed by atoms with Gasteiger partial charge in [-0.25, -0.2) is 0 Å². The first kappa shape index (κ1) is 18.8. The summed E-state index contributed by atoms with van der Waals surface area (Å²) in [5, 5.41) is 12.3. The maximum atomic E-state index is 6.52. The molecule has 0 aliphatic rings. The summed E-state index contributed by atoms with van der Waals surface area (Å²) < 4.78 is 6.52. The van der Waals surface area contributed by atoms with Crippen molar-refractivity contribution in [3.8, 4) is 11.1 Å². The smallest absolute Gasteiger partial charge is 0.143 e. The molecule has 0 unspecified atom stereocenters. The van der Waals surface area contributed by atoms with Crippen LogP contribution in [0, 0.1) is 0 Å². The van der Waals surface area contributed by atoms with Gasteiger partial charge in [0.15, 0.2) is 0 Å². The van der Waals surface area contributed by atoms with E-state index in [1.807, 2.05) is 0 Å². The predicted molar refractivity (Wildman–Crippen MR) is 149 cm³/mol. The van der Waals surface area contributed by atoms with Crippen molar-refractivity contribution < 1.29 is 4.42 Å². The third kappa shape index (κ3) is 2.58. The van der Waals surface area contributed by atoms with Crippen molar-refractivity contribution in [2.75, 3.05) is 0 Å². The van der Waals surface area contributed by atoms with Crippen LogP contribution in [-0.2, 0) is 0 Å². The van der Waals surface area contributed by atoms with Gasteiger partial charge >= 0.3 is 0 Å². The molecule has 0 N–H and O–H groups in total. The largest absolute Gasteiger partial charge is 0.455 e. The van der Waals surface area contributed by atoms with Gasteiger partial charge in [0.05, 0.1) is 0 Å². The molecule has 0 spiro atoms. The van der Waals surface area contributed by atoms with E-state index in [2.05, 4.69) is 121 Å². The Balaban J connectivity index is 1.60. The zero-order chi connectivity index (χ0) is 22.9. The minimum atomic E-state index is 0.927. The average Bonchev–Trinajstić information content (AvgIpc) is 3.31. The molecule has 1 nitrogen and oxygen atoms in total. The fraction of sp³-hybridized carbons (Fsp3) is 0. The molecule has 7 aromatic carbocycles. The Kier molecular flexibility index (Phi) is 3.72. The lowest BCUT2D eigenvalue weighted by atomic mass is 9.88.